The molecule has 3 N–H and O–H groups in total. The molecule has 0 aromatic heterocycles. The van der Waals surface area contributed by atoms with E-state index in [0.29, 0.717) is 6.42 Å². The number of amides is 1. The molecule has 1 atom stereocenters. The molecule has 0 radical (unpaired) electrons. The molecule has 0 saturated heterocycles. The second kappa shape index (κ2) is 8.97. The lowest BCUT2D eigenvalue weighted by molar-refractivity contribution is -0.121. The van der Waals surface area contributed by atoms with Crippen molar-refractivity contribution in [3.05, 3.63) is 0 Å². The Kier molecular flexibility index (Phi) is 10.1. The van der Waals surface area contributed by atoms with Crippen LogP contribution in [0.2, 0.25) is 0 Å². The zero-order valence-corrected chi connectivity index (χ0v) is 13.2. The van der Waals surface area contributed by atoms with E-state index in [1.807, 2.05) is 6.92 Å². The van der Waals surface area contributed by atoms with Crippen molar-refractivity contribution in [2.45, 2.75) is 50.6 Å². The molecule has 1 fully saturated rings. The van der Waals surface area contributed by atoms with Crippen LogP contribution >= 0.6 is 24.8 Å². The average molecular weight is 300 g/mol. The van der Waals surface area contributed by atoms with Gasteiger partial charge < -0.3 is 16.0 Å². The number of rotatable bonds is 5. The van der Waals surface area contributed by atoms with E-state index in [-0.39, 0.29) is 42.3 Å². The number of carbonyl (C=O) groups is 1. The second-order valence-corrected chi connectivity index (χ2v) is 5.28. The molecular formula is C12H27Cl2N3O. The van der Waals surface area contributed by atoms with Gasteiger partial charge in [-0.15, -0.1) is 24.8 Å². The first-order valence-electron chi connectivity index (χ1n) is 6.16. The van der Waals surface area contributed by atoms with Crippen LogP contribution in [0.1, 0.15) is 39.0 Å². The maximum absolute atomic E-state index is 11.6. The van der Waals surface area contributed by atoms with E-state index in [0.717, 1.165) is 6.54 Å². The summed E-state index contributed by atoms with van der Waals surface area (Å²) in [7, 11) is 4.20. The first kappa shape index (κ1) is 20.3. The molecule has 0 aromatic carbocycles. The number of nitrogens with zero attached hydrogens (tertiary/aromatic N) is 1. The zero-order valence-electron chi connectivity index (χ0n) is 11.6. The summed E-state index contributed by atoms with van der Waals surface area (Å²) in [6.07, 6.45) is 5.31. The van der Waals surface area contributed by atoms with Crippen LogP contribution < -0.4 is 11.1 Å². The third-order valence-corrected chi connectivity index (χ3v) is 3.60. The van der Waals surface area contributed by atoms with E-state index in [1.54, 1.807) is 0 Å². The van der Waals surface area contributed by atoms with Gasteiger partial charge >= 0.3 is 0 Å². The van der Waals surface area contributed by atoms with Crippen molar-refractivity contribution in [2.75, 3.05) is 20.6 Å². The predicted octanol–water partition coefficient (Wildman–Crippen LogP) is 1.56. The quantitative estimate of drug-likeness (QED) is 0.810. The lowest BCUT2D eigenvalue weighted by Gasteiger charge is -2.36. The lowest BCUT2D eigenvalue weighted by Crippen LogP contribution is -2.51. The molecule has 0 heterocycles. The SMILES string of the molecule is CC(N)CC(=O)NCC1(N(C)C)CCCC1.Cl.Cl. The molecule has 0 aliphatic heterocycles. The number of carbonyl (C=O) groups excluding carboxylic acids is 1. The van der Waals surface area contributed by atoms with Crippen molar-refractivity contribution in [1.82, 2.24) is 10.2 Å². The molecule has 1 rings (SSSR count). The Morgan fingerprint density at radius 2 is 1.83 bits per heavy atom. The molecule has 0 aromatic rings. The van der Waals surface area contributed by atoms with Gasteiger partial charge in [0, 0.05) is 24.5 Å². The minimum absolute atomic E-state index is 0. The van der Waals surface area contributed by atoms with Crippen LogP contribution in [0.15, 0.2) is 0 Å². The molecule has 18 heavy (non-hydrogen) atoms. The zero-order chi connectivity index (χ0) is 12.2. The van der Waals surface area contributed by atoms with Crippen LogP contribution in [0, 0.1) is 0 Å². The van der Waals surface area contributed by atoms with E-state index in [9.17, 15) is 4.79 Å². The number of hydrogen-bond acceptors (Lipinski definition) is 3. The Hall–Kier alpha value is -0.0300. The summed E-state index contributed by atoms with van der Waals surface area (Å²) in [5, 5.41) is 3.02. The highest BCUT2D eigenvalue weighted by atomic mass is 35.5. The van der Waals surface area contributed by atoms with Gasteiger partial charge in [0.15, 0.2) is 0 Å². The summed E-state index contributed by atoms with van der Waals surface area (Å²) < 4.78 is 0. The Morgan fingerprint density at radius 3 is 2.22 bits per heavy atom. The topological polar surface area (TPSA) is 58.4 Å². The number of nitrogens with two attached hydrogens (primary N) is 1. The molecule has 1 aliphatic rings. The number of hydrogen-bond donors (Lipinski definition) is 2. The summed E-state index contributed by atoms with van der Waals surface area (Å²) in [6, 6.07) is -0.0566. The Labute approximate surface area is 123 Å². The third-order valence-electron chi connectivity index (χ3n) is 3.60. The van der Waals surface area contributed by atoms with E-state index >= 15 is 0 Å². The van der Waals surface area contributed by atoms with Crippen molar-refractivity contribution in [3.8, 4) is 0 Å². The van der Waals surface area contributed by atoms with Gasteiger partial charge in [0.25, 0.3) is 0 Å². The van der Waals surface area contributed by atoms with Gasteiger partial charge in [-0.1, -0.05) is 12.8 Å². The van der Waals surface area contributed by atoms with Gasteiger partial charge in [-0.2, -0.15) is 0 Å². The molecular weight excluding hydrogens is 273 g/mol. The van der Waals surface area contributed by atoms with Gasteiger partial charge in [-0.05, 0) is 33.9 Å². The summed E-state index contributed by atoms with van der Waals surface area (Å²) >= 11 is 0. The molecule has 1 aliphatic carbocycles. The average Bonchev–Trinajstić information content (AvgIpc) is 2.63. The van der Waals surface area contributed by atoms with Crippen LogP contribution in [-0.2, 0) is 4.79 Å². The molecule has 110 valence electrons. The minimum atomic E-state index is -0.0566. The van der Waals surface area contributed by atoms with Crippen molar-refractivity contribution in [3.63, 3.8) is 0 Å². The monoisotopic (exact) mass is 299 g/mol. The van der Waals surface area contributed by atoms with E-state index in [1.165, 1.54) is 25.7 Å². The predicted molar refractivity (Wildman–Crippen MR) is 80.7 cm³/mol. The molecule has 0 bridgehead atoms. The first-order valence-corrected chi connectivity index (χ1v) is 6.16. The van der Waals surface area contributed by atoms with Crippen LogP contribution in [0.5, 0.6) is 0 Å². The van der Waals surface area contributed by atoms with Gasteiger partial charge in [-0.25, -0.2) is 0 Å². The van der Waals surface area contributed by atoms with Crippen LogP contribution in [0.25, 0.3) is 0 Å². The molecule has 1 saturated carbocycles. The van der Waals surface area contributed by atoms with Gasteiger partial charge in [0.1, 0.15) is 0 Å². The van der Waals surface area contributed by atoms with Crippen molar-refractivity contribution in [1.29, 1.82) is 0 Å². The summed E-state index contributed by atoms with van der Waals surface area (Å²) in [6.45, 7) is 2.61. The van der Waals surface area contributed by atoms with E-state index < -0.39 is 0 Å². The van der Waals surface area contributed by atoms with E-state index in [2.05, 4.69) is 24.3 Å². The van der Waals surface area contributed by atoms with Crippen molar-refractivity contribution >= 4 is 30.7 Å². The third kappa shape index (κ3) is 5.74. The molecule has 4 nitrogen and oxygen atoms in total. The molecule has 1 amide bonds. The highest BCUT2D eigenvalue weighted by Crippen LogP contribution is 2.33. The number of nitrogens with one attached hydrogen (secondary N) is 1. The minimum Gasteiger partial charge on any atom is -0.354 e. The first-order chi connectivity index (χ1) is 7.46. The fourth-order valence-electron chi connectivity index (χ4n) is 2.44. The largest absolute Gasteiger partial charge is 0.354 e. The Bertz CT molecular complexity index is 241. The summed E-state index contributed by atoms with van der Waals surface area (Å²) in [4.78, 5) is 13.8. The molecule has 1 unspecified atom stereocenters. The highest BCUT2D eigenvalue weighted by molar-refractivity contribution is 5.85. The number of halogens is 2. The Balaban J connectivity index is 0. The smallest absolute Gasteiger partial charge is 0.221 e. The Morgan fingerprint density at radius 1 is 1.33 bits per heavy atom. The van der Waals surface area contributed by atoms with E-state index in [4.69, 9.17) is 5.73 Å². The van der Waals surface area contributed by atoms with Crippen LogP contribution in [0.4, 0.5) is 0 Å². The maximum Gasteiger partial charge on any atom is 0.221 e. The van der Waals surface area contributed by atoms with Gasteiger partial charge in [-0.3, -0.25) is 4.79 Å². The molecule has 0 spiro atoms. The fraction of sp³-hybridized carbons (Fsp3) is 0.917. The molecule has 6 heteroatoms. The summed E-state index contributed by atoms with van der Waals surface area (Å²) in [5.41, 5.74) is 5.77. The van der Waals surface area contributed by atoms with Crippen molar-refractivity contribution < 1.29 is 4.79 Å². The van der Waals surface area contributed by atoms with Crippen LogP contribution in [-0.4, -0.2) is 43.0 Å². The summed E-state index contributed by atoms with van der Waals surface area (Å²) in [5.74, 6) is 0.0723. The van der Waals surface area contributed by atoms with Gasteiger partial charge in [0.2, 0.25) is 5.91 Å². The second-order valence-electron chi connectivity index (χ2n) is 5.28. The van der Waals surface area contributed by atoms with Gasteiger partial charge in [0.05, 0.1) is 0 Å². The number of likely N-dealkylation sites (N-methyl/N-ethyl adjacent to an activating group) is 1. The maximum atomic E-state index is 11.6. The lowest BCUT2D eigenvalue weighted by atomic mass is 9.96. The standard InChI is InChI=1S/C12H25N3O.2ClH/c1-10(13)8-11(16)14-9-12(15(2)3)6-4-5-7-12;;/h10H,4-9,13H2,1-3H3,(H,14,16);2*1H. The van der Waals surface area contributed by atoms with Crippen molar-refractivity contribution in [2.24, 2.45) is 5.73 Å². The fourth-order valence-corrected chi connectivity index (χ4v) is 2.44. The van der Waals surface area contributed by atoms with Crippen LogP contribution in [0.3, 0.4) is 0 Å². The highest BCUT2D eigenvalue weighted by Gasteiger charge is 2.35. The normalized spacial score (nSPS) is 18.7.